The normalized spacial score (nSPS) is 10.3. The van der Waals surface area contributed by atoms with Gasteiger partial charge in [0.15, 0.2) is 0 Å². The molecule has 0 heterocycles. The summed E-state index contributed by atoms with van der Waals surface area (Å²) in [6, 6.07) is 9.90. The SMILES string of the molecule is CCN(CC)c1cc(NC(C)=O)c(N=Nc2c(C#N)cc(NOO)cc2C#N)cc1OC. The Balaban J connectivity index is 2.64. The van der Waals surface area contributed by atoms with Gasteiger partial charge in [0.2, 0.25) is 5.91 Å². The van der Waals surface area contributed by atoms with E-state index in [1.54, 1.807) is 12.1 Å². The Hall–Kier alpha value is -4.19. The molecule has 0 unspecified atom stereocenters. The molecule has 1 amide bonds. The minimum Gasteiger partial charge on any atom is -0.494 e. The van der Waals surface area contributed by atoms with Crippen LogP contribution in [0.2, 0.25) is 0 Å². The molecule has 0 aliphatic rings. The summed E-state index contributed by atoms with van der Waals surface area (Å²) < 4.78 is 5.51. The van der Waals surface area contributed by atoms with Crippen LogP contribution in [0.3, 0.4) is 0 Å². The van der Waals surface area contributed by atoms with Crippen LogP contribution in [-0.2, 0) is 9.78 Å². The summed E-state index contributed by atoms with van der Waals surface area (Å²) in [5, 5.41) is 38.5. The first-order chi connectivity index (χ1) is 15.4. The lowest BCUT2D eigenvalue weighted by Gasteiger charge is -2.24. The minimum atomic E-state index is -0.299. The molecule has 166 valence electrons. The second-order valence-corrected chi connectivity index (χ2v) is 6.43. The Morgan fingerprint density at radius 1 is 1.12 bits per heavy atom. The highest BCUT2D eigenvalue weighted by Crippen LogP contribution is 2.40. The van der Waals surface area contributed by atoms with Crippen molar-refractivity contribution in [3.63, 3.8) is 0 Å². The van der Waals surface area contributed by atoms with Gasteiger partial charge in [-0.2, -0.15) is 10.5 Å². The van der Waals surface area contributed by atoms with E-state index in [2.05, 4.69) is 30.9 Å². The predicted molar refractivity (Wildman–Crippen MR) is 118 cm³/mol. The van der Waals surface area contributed by atoms with Crippen LogP contribution in [0.4, 0.5) is 28.4 Å². The highest BCUT2D eigenvalue weighted by atomic mass is 17.2. The average molecular weight is 437 g/mol. The second-order valence-electron chi connectivity index (χ2n) is 6.43. The Morgan fingerprint density at radius 3 is 2.22 bits per heavy atom. The van der Waals surface area contributed by atoms with Crippen LogP contribution in [0.25, 0.3) is 0 Å². The molecule has 11 heteroatoms. The van der Waals surface area contributed by atoms with Gasteiger partial charge in [0.05, 0.1) is 35.3 Å². The Morgan fingerprint density at radius 2 is 1.75 bits per heavy atom. The molecule has 0 aliphatic heterocycles. The third-order valence-electron chi connectivity index (χ3n) is 4.48. The Kier molecular flexibility index (Phi) is 8.48. The number of azo groups is 1. The molecule has 11 nitrogen and oxygen atoms in total. The summed E-state index contributed by atoms with van der Waals surface area (Å²) in [6.07, 6.45) is 0. The number of methoxy groups -OCH3 is 1. The van der Waals surface area contributed by atoms with Gasteiger partial charge in [0, 0.05) is 26.1 Å². The maximum atomic E-state index is 11.8. The fourth-order valence-electron chi connectivity index (χ4n) is 3.03. The number of amides is 1. The molecule has 0 aromatic heterocycles. The maximum absolute atomic E-state index is 11.8. The van der Waals surface area contributed by atoms with Crippen molar-refractivity contribution in [3.05, 3.63) is 35.4 Å². The van der Waals surface area contributed by atoms with Gasteiger partial charge in [0.25, 0.3) is 0 Å². The van der Waals surface area contributed by atoms with Gasteiger partial charge in [-0.05, 0) is 32.0 Å². The molecule has 2 rings (SSSR count). The van der Waals surface area contributed by atoms with Crippen molar-refractivity contribution < 1.29 is 19.8 Å². The fraction of sp³-hybridized carbons (Fsp3) is 0.286. The number of nitriles is 2. The molecule has 2 aromatic carbocycles. The largest absolute Gasteiger partial charge is 0.494 e. The molecule has 2 aromatic rings. The monoisotopic (exact) mass is 437 g/mol. The lowest BCUT2D eigenvalue weighted by atomic mass is 10.1. The number of nitrogens with one attached hydrogen (secondary N) is 2. The number of rotatable bonds is 9. The number of anilines is 3. The van der Waals surface area contributed by atoms with E-state index in [1.807, 2.05) is 26.0 Å². The minimum absolute atomic E-state index is 0.0269. The second kappa shape index (κ2) is 11.3. The Labute approximate surface area is 185 Å². The summed E-state index contributed by atoms with van der Waals surface area (Å²) in [5.41, 5.74) is 3.86. The zero-order valence-corrected chi connectivity index (χ0v) is 18.1. The summed E-state index contributed by atoms with van der Waals surface area (Å²) in [5.74, 6) is 0.226. The first-order valence-electron chi connectivity index (χ1n) is 9.63. The number of hydrogen-bond acceptors (Lipinski definition) is 10. The van der Waals surface area contributed by atoms with E-state index in [9.17, 15) is 15.3 Å². The fourth-order valence-corrected chi connectivity index (χ4v) is 3.03. The zero-order chi connectivity index (χ0) is 23.7. The molecule has 0 saturated heterocycles. The van der Waals surface area contributed by atoms with Crippen LogP contribution in [0.5, 0.6) is 5.75 Å². The maximum Gasteiger partial charge on any atom is 0.221 e. The summed E-state index contributed by atoms with van der Waals surface area (Å²) in [4.78, 5) is 17.7. The smallest absolute Gasteiger partial charge is 0.221 e. The van der Waals surface area contributed by atoms with Gasteiger partial charge in [0.1, 0.15) is 29.3 Å². The standard InChI is InChI=1S/C21H23N7O4/c1-5-28(6-2)19-9-17(24-13(3)29)18(10-20(19)31-4)25-26-21-14(11-22)7-16(27-32-30)8-15(21)12-23/h7-10,27,30H,5-6H2,1-4H3,(H,24,29). The molecular weight excluding hydrogens is 414 g/mol. The van der Waals surface area contributed by atoms with Gasteiger partial charge in [-0.25, -0.2) is 10.7 Å². The third kappa shape index (κ3) is 5.49. The third-order valence-corrected chi connectivity index (χ3v) is 4.48. The molecular formula is C21H23N7O4. The Bertz CT molecular complexity index is 1060. The van der Waals surface area contributed by atoms with Crippen molar-refractivity contribution in [1.82, 2.24) is 0 Å². The van der Waals surface area contributed by atoms with Gasteiger partial charge in [-0.1, -0.05) is 0 Å². The van der Waals surface area contributed by atoms with Gasteiger partial charge < -0.3 is 15.0 Å². The predicted octanol–water partition coefficient (Wildman–Crippen LogP) is 4.48. The molecule has 0 radical (unpaired) electrons. The summed E-state index contributed by atoms with van der Waals surface area (Å²) >= 11 is 0. The zero-order valence-electron chi connectivity index (χ0n) is 18.1. The van der Waals surface area contributed by atoms with Gasteiger partial charge in [-0.3, -0.25) is 4.79 Å². The van der Waals surface area contributed by atoms with Crippen molar-refractivity contribution in [2.24, 2.45) is 10.2 Å². The number of nitrogens with zero attached hydrogens (tertiary/aromatic N) is 5. The van der Waals surface area contributed by atoms with Crippen LogP contribution in [0.1, 0.15) is 31.9 Å². The number of ether oxygens (including phenoxy) is 1. The average Bonchev–Trinajstić information content (AvgIpc) is 2.79. The quantitative estimate of drug-likeness (QED) is 0.295. The van der Waals surface area contributed by atoms with E-state index in [0.717, 1.165) is 18.8 Å². The molecule has 32 heavy (non-hydrogen) atoms. The number of carbonyl (C=O) groups is 1. The van der Waals surface area contributed by atoms with E-state index in [4.69, 9.17) is 9.99 Å². The topological polar surface area (TPSA) is 155 Å². The van der Waals surface area contributed by atoms with Crippen molar-refractivity contribution in [2.75, 3.05) is 35.9 Å². The number of carbonyl (C=O) groups excluding carboxylic acids is 1. The first kappa shape index (κ1) is 24.1. The molecule has 0 spiro atoms. The van der Waals surface area contributed by atoms with Crippen LogP contribution < -0.4 is 20.4 Å². The molecule has 3 N–H and O–H groups in total. The summed E-state index contributed by atoms with van der Waals surface area (Å²) in [6.45, 7) is 6.83. The van der Waals surface area contributed by atoms with E-state index >= 15 is 0 Å². The van der Waals surface area contributed by atoms with Crippen LogP contribution in [-0.4, -0.2) is 31.4 Å². The van der Waals surface area contributed by atoms with E-state index in [-0.39, 0.29) is 34.1 Å². The molecule has 0 saturated carbocycles. The molecule has 0 fully saturated rings. The summed E-state index contributed by atoms with van der Waals surface area (Å²) in [7, 11) is 1.53. The first-order valence-corrected chi connectivity index (χ1v) is 9.63. The van der Waals surface area contributed by atoms with Gasteiger partial charge >= 0.3 is 0 Å². The van der Waals surface area contributed by atoms with Crippen molar-refractivity contribution in [2.45, 2.75) is 20.8 Å². The molecule has 0 aliphatic carbocycles. The van der Waals surface area contributed by atoms with Crippen LogP contribution in [0.15, 0.2) is 34.5 Å². The highest BCUT2D eigenvalue weighted by Gasteiger charge is 2.16. The number of hydrogen-bond donors (Lipinski definition) is 3. The van der Waals surface area contributed by atoms with E-state index < -0.39 is 0 Å². The lowest BCUT2D eigenvalue weighted by Crippen LogP contribution is -2.22. The van der Waals surface area contributed by atoms with Crippen LogP contribution in [0, 0.1) is 22.7 Å². The highest BCUT2D eigenvalue weighted by molar-refractivity contribution is 5.93. The molecule has 0 bridgehead atoms. The number of benzene rings is 2. The molecule has 0 atom stereocenters. The van der Waals surface area contributed by atoms with Crippen LogP contribution >= 0.6 is 0 Å². The van der Waals surface area contributed by atoms with Gasteiger partial charge in [-0.15, -0.1) is 15.2 Å². The van der Waals surface area contributed by atoms with Crippen molar-refractivity contribution >= 4 is 34.3 Å². The van der Waals surface area contributed by atoms with Crippen molar-refractivity contribution in [3.8, 4) is 17.9 Å². The van der Waals surface area contributed by atoms with Crippen molar-refractivity contribution in [1.29, 1.82) is 10.5 Å². The lowest BCUT2D eigenvalue weighted by molar-refractivity contribution is -0.215. The van der Waals surface area contributed by atoms with E-state index in [0.29, 0.717) is 11.4 Å². The van der Waals surface area contributed by atoms with E-state index in [1.165, 1.54) is 26.2 Å².